The Balaban J connectivity index is 2.24. The summed E-state index contributed by atoms with van der Waals surface area (Å²) in [6.45, 7) is 0. The van der Waals surface area contributed by atoms with Crippen LogP contribution in [0.4, 0.5) is 0 Å². The Kier molecular flexibility index (Phi) is 10.2. The number of ketones is 2. The Morgan fingerprint density at radius 1 is 0.619 bits per heavy atom. The summed E-state index contributed by atoms with van der Waals surface area (Å²) in [6, 6.07) is 9.08. The van der Waals surface area contributed by atoms with E-state index in [0.717, 1.165) is 14.2 Å². The van der Waals surface area contributed by atoms with Crippen LogP contribution in [0.1, 0.15) is 35.8 Å². The van der Waals surface area contributed by atoms with Gasteiger partial charge in [0.25, 0.3) is 0 Å². The van der Waals surface area contributed by atoms with Crippen molar-refractivity contribution >= 4 is 23.5 Å². The maximum Gasteiger partial charge on any atom is 0.306 e. The Hall–Kier alpha value is -5.00. The van der Waals surface area contributed by atoms with E-state index in [9.17, 15) is 29.4 Å². The van der Waals surface area contributed by atoms with Gasteiger partial charge in [-0.25, -0.2) is 0 Å². The van der Waals surface area contributed by atoms with E-state index in [0.29, 0.717) is 11.5 Å². The molecule has 0 saturated heterocycles. The largest absolute Gasteiger partial charge is 0.504 e. The zero-order valence-electron chi connectivity index (χ0n) is 24.0. The topological polar surface area (TPSA) is 164 Å². The summed E-state index contributed by atoms with van der Waals surface area (Å²) in [4.78, 5) is 52.4. The molecule has 0 heterocycles. The zero-order valence-corrected chi connectivity index (χ0v) is 24.0. The van der Waals surface area contributed by atoms with Gasteiger partial charge in [0, 0.05) is 35.1 Å². The number of carbonyl (C=O) groups excluding carboxylic acids is 4. The molecule has 12 heteroatoms. The van der Waals surface area contributed by atoms with Crippen LogP contribution in [0.3, 0.4) is 0 Å². The van der Waals surface area contributed by atoms with Crippen LogP contribution >= 0.6 is 0 Å². The highest BCUT2D eigenvalue weighted by atomic mass is 16.5. The van der Waals surface area contributed by atoms with Crippen molar-refractivity contribution in [2.75, 3.05) is 42.7 Å². The normalized spacial score (nSPS) is 14.7. The zero-order chi connectivity index (χ0) is 31.1. The molecule has 42 heavy (non-hydrogen) atoms. The molecule has 0 aliphatic heterocycles. The van der Waals surface area contributed by atoms with Crippen LogP contribution in [0.5, 0.6) is 23.0 Å². The first-order chi connectivity index (χ1) is 20.1. The molecule has 0 saturated carbocycles. The summed E-state index contributed by atoms with van der Waals surface area (Å²) in [6.07, 6.45) is -0.976. The number of methoxy groups -OCH3 is 6. The van der Waals surface area contributed by atoms with E-state index in [1.807, 2.05) is 0 Å². The van der Waals surface area contributed by atoms with Crippen molar-refractivity contribution in [1.82, 2.24) is 0 Å². The van der Waals surface area contributed by atoms with E-state index in [-0.39, 0.29) is 22.6 Å². The third kappa shape index (κ3) is 6.17. The molecule has 224 valence electrons. The minimum absolute atomic E-state index is 0.185. The van der Waals surface area contributed by atoms with E-state index < -0.39 is 70.8 Å². The predicted molar refractivity (Wildman–Crippen MR) is 147 cm³/mol. The fourth-order valence-electron chi connectivity index (χ4n) is 4.81. The Morgan fingerprint density at radius 2 is 0.976 bits per heavy atom. The summed E-state index contributed by atoms with van der Waals surface area (Å²) in [5.41, 5.74) is -0.613. The summed E-state index contributed by atoms with van der Waals surface area (Å²) in [5.74, 6) is -7.17. The van der Waals surface area contributed by atoms with Crippen molar-refractivity contribution in [1.29, 1.82) is 0 Å². The number of benzene rings is 2. The van der Waals surface area contributed by atoms with Gasteiger partial charge in [-0.3, -0.25) is 19.2 Å². The van der Waals surface area contributed by atoms with Crippen LogP contribution in [0, 0.1) is 0 Å². The predicted octanol–water partition coefficient (Wildman–Crippen LogP) is 3.49. The highest BCUT2D eigenvalue weighted by Gasteiger charge is 2.44. The molecule has 3 rings (SSSR count). The Labute approximate surface area is 242 Å². The minimum atomic E-state index is -1.27. The van der Waals surface area contributed by atoms with Crippen molar-refractivity contribution in [3.63, 3.8) is 0 Å². The van der Waals surface area contributed by atoms with Gasteiger partial charge in [0.05, 0.1) is 66.6 Å². The summed E-state index contributed by atoms with van der Waals surface area (Å²) in [5, 5.41) is 22.5. The quantitative estimate of drug-likeness (QED) is 0.276. The van der Waals surface area contributed by atoms with E-state index in [4.69, 9.17) is 28.4 Å². The van der Waals surface area contributed by atoms with E-state index in [1.165, 1.54) is 52.7 Å². The van der Waals surface area contributed by atoms with Gasteiger partial charge < -0.3 is 38.6 Å². The first-order valence-corrected chi connectivity index (χ1v) is 12.6. The smallest absolute Gasteiger partial charge is 0.306 e. The first kappa shape index (κ1) is 31.5. The number of Topliss-reactive ketones (excluding diaryl/α,β-unsaturated/α-hetero) is 2. The maximum atomic E-state index is 13.8. The average molecular weight is 585 g/mol. The van der Waals surface area contributed by atoms with Crippen molar-refractivity contribution in [2.24, 2.45) is 0 Å². The summed E-state index contributed by atoms with van der Waals surface area (Å²) in [7, 11) is 7.86. The molecule has 2 N–H and O–H groups in total. The van der Waals surface area contributed by atoms with Crippen LogP contribution in [0.15, 0.2) is 59.1 Å². The fourth-order valence-corrected chi connectivity index (χ4v) is 4.81. The monoisotopic (exact) mass is 584 g/mol. The van der Waals surface area contributed by atoms with Gasteiger partial charge in [-0.15, -0.1) is 0 Å². The third-order valence-electron chi connectivity index (χ3n) is 6.96. The van der Waals surface area contributed by atoms with Gasteiger partial charge in [0.1, 0.15) is 23.0 Å². The number of esters is 2. The van der Waals surface area contributed by atoms with Gasteiger partial charge in [0.2, 0.25) is 11.6 Å². The molecule has 2 unspecified atom stereocenters. The number of hydrogen-bond donors (Lipinski definition) is 2. The molecule has 0 fully saturated rings. The highest BCUT2D eigenvalue weighted by Crippen LogP contribution is 2.45. The SMILES string of the molecule is COC(=O)CC(C1=C(O)C(=O)C(C(CC(=O)OC)c2ccc(OC)cc2OC)=C(O)C1=O)c1ccc(OC)cc1OC. The van der Waals surface area contributed by atoms with Crippen LogP contribution in [-0.4, -0.2) is 76.4 Å². The molecule has 0 bridgehead atoms. The second kappa shape index (κ2) is 13.6. The molecule has 2 aromatic carbocycles. The van der Waals surface area contributed by atoms with Crippen LogP contribution in [-0.2, 0) is 28.7 Å². The maximum absolute atomic E-state index is 13.8. The first-order valence-electron chi connectivity index (χ1n) is 12.6. The molecule has 0 aromatic heterocycles. The number of carbonyl (C=O) groups is 4. The van der Waals surface area contributed by atoms with Crippen molar-refractivity contribution < 1.29 is 57.8 Å². The second-order valence-electron chi connectivity index (χ2n) is 9.06. The molecule has 1 aliphatic rings. The molecule has 0 radical (unpaired) electrons. The number of aliphatic hydroxyl groups is 2. The van der Waals surface area contributed by atoms with Gasteiger partial charge in [-0.05, 0) is 12.1 Å². The number of allylic oxidation sites excluding steroid dienone is 2. The molecular formula is C30H32O12. The molecule has 2 atom stereocenters. The third-order valence-corrected chi connectivity index (χ3v) is 6.96. The number of rotatable bonds is 12. The minimum Gasteiger partial charge on any atom is -0.504 e. The molecule has 0 amide bonds. The lowest BCUT2D eigenvalue weighted by molar-refractivity contribution is -0.142. The Morgan fingerprint density at radius 3 is 1.26 bits per heavy atom. The summed E-state index contributed by atoms with van der Waals surface area (Å²) >= 11 is 0. The van der Waals surface area contributed by atoms with Gasteiger partial charge in [-0.2, -0.15) is 0 Å². The fraction of sp³-hybridized carbons (Fsp3) is 0.333. The molecule has 2 aromatic rings. The number of aliphatic hydroxyl groups excluding tert-OH is 2. The van der Waals surface area contributed by atoms with Crippen molar-refractivity contribution in [2.45, 2.75) is 24.7 Å². The van der Waals surface area contributed by atoms with Crippen molar-refractivity contribution in [3.05, 3.63) is 70.2 Å². The lowest BCUT2D eigenvalue weighted by Crippen LogP contribution is -2.31. The lowest BCUT2D eigenvalue weighted by atomic mass is 9.75. The second-order valence-corrected chi connectivity index (χ2v) is 9.06. The van der Waals surface area contributed by atoms with E-state index in [1.54, 1.807) is 12.1 Å². The van der Waals surface area contributed by atoms with Gasteiger partial charge in [-0.1, -0.05) is 12.1 Å². The van der Waals surface area contributed by atoms with Crippen LogP contribution in [0.25, 0.3) is 0 Å². The van der Waals surface area contributed by atoms with Crippen LogP contribution < -0.4 is 18.9 Å². The number of hydrogen-bond acceptors (Lipinski definition) is 12. The molecule has 12 nitrogen and oxygen atoms in total. The Bertz CT molecular complexity index is 1340. The van der Waals surface area contributed by atoms with Gasteiger partial charge in [0.15, 0.2) is 11.5 Å². The summed E-state index contributed by atoms with van der Waals surface area (Å²) < 4.78 is 30.9. The highest BCUT2D eigenvalue weighted by molar-refractivity contribution is 6.24. The number of ether oxygens (including phenoxy) is 6. The molecular weight excluding hydrogens is 552 g/mol. The van der Waals surface area contributed by atoms with E-state index >= 15 is 0 Å². The lowest BCUT2D eigenvalue weighted by Gasteiger charge is -2.28. The van der Waals surface area contributed by atoms with Crippen molar-refractivity contribution in [3.8, 4) is 23.0 Å². The standard InChI is InChI=1S/C30H32O12/c1-37-15-7-9-17(21(11-15)39-3)19(13-23(31)41-5)25-27(33)29(35)26(30(36)28(25)34)20(14-24(32)42-6)18-10-8-16(38-2)12-22(18)40-4/h7-12,19-20,33,36H,13-14H2,1-6H3. The van der Waals surface area contributed by atoms with E-state index in [2.05, 4.69) is 0 Å². The molecule has 0 spiro atoms. The molecule has 1 aliphatic carbocycles. The van der Waals surface area contributed by atoms with Crippen LogP contribution in [0.2, 0.25) is 0 Å². The van der Waals surface area contributed by atoms with Gasteiger partial charge >= 0.3 is 11.9 Å². The average Bonchev–Trinajstić information content (AvgIpc) is 3.01.